The molecule has 1 unspecified atom stereocenters. The Morgan fingerprint density at radius 3 is 2.53 bits per heavy atom. The Kier molecular flexibility index (Phi) is 5.42. The maximum Gasteiger partial charge on any atom is 0.0547 e. The molecular formula is C14H30N2O. The van der Waals surface area contributed by atoms with Gasteiger partial charge in [0, 0.05) is 30.7 Å². The van der Waals surface area contributed by atoms with Gasteiger partial charge >= 0.3 is 0 Å². The van der Waals surface area contributed by atoms with Crippen molar-refractivity contribution in [1.29, 1.82) is 0 Å². The van der Waals surface area contributed by atoms with Crippen molar-refractivity contribution >= 4 is 0 Å². The van der Waals surface area contributed by atoms with Gasteiger partial charge < -0.3 is 15.0 Å². The normalized spacial score (nSPS) is 25.8. The molecule has 1 N–H and O–H groups in total. The van der Waals surface area contributed by atoms with Crippen molar-refractivity contribution in [2.45, 2.75) is 46.1 Å². The molecule has 1 aliphatic rings. The van der Waals surface area contributed by atoms with E-state index in [1.807, 2.05) is 0 Å². The van der Waals surface area contributed by atoms with Crippen LogP contribution in [0.1, 0.15) is 40.5 Å². The predicted molar refractivity (Wildman–Crippen MR) is 73.4 cm³/mol. The van der Waals surface area contributed by atoms with E-state index in [2.05, 4.69) is 45.0 Å². The second-order valence-corrected chi connectivity index (χ2v) is 6.64. The van der Waals surface area contributed by atoms with Crippen LogP contribution in [0.5, 0.6) is 0 Å². The van der Waals surface area contributed by atoms with Crippen LogP contribution < -0.4 is 5.32 Å². The smallest absolute Gasteiger partial charge is 0.0547 e. The first kappa shape index (κ1) is 14.9. The summed E-state index contributed by atoms with van der Waals surface area (Å²) in [5.74, 6) is 0. The van der Waals surface area contributed by atoms with Gasteiger partial charge in [0.25, 0.3) is 0 Å². The van der Waals surface area contributed by atoms with Crippen molar-refractivity contribution in [3.05, 3.63) is 0 Å². The zero-order chi connectivity index (χ0) is 12.9. The van der Waals surface area contributed by atoms with Crippen molar-refractivity contribution in [3.8, 4) is 0 Å². The zero-order valence-corrected chi connectivity index (χ0v) is 12.3. The van der Waals surface area contributed by atoms with Gasteiger partial charge in [0.1, 0.15) is 0 Å². The standard InChI is InChI=1S/C14H30N2O/c1-6-8-16(5)11-14(7-9-17-12-14)10-15-13(2,3)4/h15H,6-12H2,1-5H3. The van der Waals surface area contributed by atoms with Gasteiger partial charge in [0.15, 0.2) is 0 Å². The van der Waals surface area contributed by atoms with E-state index in [1.165, 1.54) is 19.4 Å². The highest BCUT2D eigenvalue weighted by molar-refractivity contribution is 4.90. The molecule has 0 aromatic carbocycles. The van der Waals surface area contributed by atoms with Crippen LogP contribution in [-0.2, 0) is 4.74 Å². The van der Waals surface area contributed by atoms with Crippen molar-refractivity contribution in [2.75, 3.05) is 39.9 Å². The molecule has 0 aromatic rings. The molecule has 17 heavy (non-hydrogen) atoms. The highest BCUT2D eigenvalue weighted by Crippen LogP contribution is 2.29. The Morgan fingerprint density at radius 1 is 1.35 bits per heavy atom. The highest BCUT2D eigenvalue weighted by Gasteiger charge is 2.36. The molecule has 102 valence electrons. The molecule has 1 rings (SSSR count). The van der Waals surface area contributed by atoms with Crippen molar-refractivity contribution < 1.29 is 4.74 Å². The highest BCUT2D eigenvalue weighted by atomic mass is 16.5. The third kappa shape index (κ3) is 5.36. The molecule has 0 radical (unpaired) electrons. The molecule has 0 aliphatic carbocycles. The summed E-state index contributed by atoms with van der Waals surface area (Å²) < 4.78 is 5.64. The number of rotatable bonds is 6. The first-order chi connectivity index (χ1) is 7.87. The Hall–Kier alpha value is -0.120. The number of hydrogen-bond donors (Lipinski definition) is 1. The molecule has 1 fully saturated rings. The van der Waals surface area contributed by atoms with Crippen LogP contribution in [-0.4, -0.2) is 50.3 Å². The summed E-state index contributed by atoms with van der Waals surface area (Å²) in [6.45, 7) is 14.1. The van der Waals surface area contributed by atoms with Crippen LogP contribution in [0.25, 0.3) is 0 Å². The van der Waals surface area contributed by atoms with Crippen LogP contribution >= 0.6 is 0 Å². The molecule has 3 heteroatoms. The second-order valence-electron chi connectivity index (χ2n) is 6.64. The minimum absolute atomic E-state index is 0.193. The maximum atomic E-state index is 5.64. The largest absolute Gasteiger partial charge is 0.381 e. The maximum absolute atomic E-state index is 5.64. The van der Waals surface area contributed by atoms with E-state index in [0.717, 1.165) is 26.3 Å². The van der Waals surface area contributed by atoms with E-state index in [4.69, 9.17) is 4.74 Å². The van der Waals surface area contributed by atoms with Crippen LogP contribution in [0.2, 0.25) is 0 Å². The van der Waals surface area contributed by atoms with Gasteiger partial charge in [-0.1, -0.05) is 6.92 Å². The van der Waals surface area contributed by atoms with Crippen LogP contribution in [0, 0.1) is 5.41 Å². The lowest BCUT2D eigenvalue weighted by atomic mass is 9.85. The first-order valence-electron chi connectivity index (χ1n) is 6.88. The Bertz CT molecular complexity index is 217. The monoisotopic (exact) mass is 242 g/mol. The third-order valence-corrected chi connectivity index (χ3v) is 3.39. The minimum atomic E-state index is 0.193. The number of nitrogens with one attached hydrogen (secondary N) is 1. The van der Waals surface area contributed by atoms with Crippen molar-refractivity contribution in [2.24, 2.45) is 5.41 Å². The molecule has 3 nitrogen and oxygen atoms in total. The molecule has 0 bridgehead atoms. The van der Waals surface area contributed by atoms with Gasteiger partial charge in [-0.25, -0.2) is 0 Å². The molecule has 1 heterocycles. The van der Waals surface area contributed by atoms with Crippen LogP contribution in [0.4, 0.5) is 0 Å². The average molecular weight is 242 g/mol. The van der Waals surface area contributed by atoms with E-state index >= 15 is 0 Å². The summed E-state index contributed by atoms with van der Waals surface area (Å²) in [5, 5.41) is 3.65. The lowest BCUT2D eigenvalue weighted by Gasteiger charge is -2.35. The van der Waals surface area contributed by atoms with Crippen LogP contribution in [0.3, 0.4) is 0 Å². The van der Waals surface area contributed by atoms with Gasteiger partial charge in [-0.3, -0.25) is 0 Å². The fourth-order valence-corrected chi connectivity index (χ4v) is 2.46. The average Bonchev–Trinajstić information content (AvgIpc) is 2.63. The van der Waals surface area contributed by atoms with Gasteiger partial charge in [0.05, 0.1) is 6.61 Å². The summed E-state index contributed by atoms with van der Waals surface area (Å²) in [5.41, 5.74) is 0.510. The molecule has 0 amide bonds. The summed E-state index contributed by atoms with van der Waals surface area (Å²) in [7, 11) is 2.22. The molecule has 1 saturated heterocycles. The van der Waals surface area contributed by atoms with E-state index in [9.17, 15) is 0 Å². The Morgan fingerprint density at radius 2 is 2.06 bits per heavy atom. The van der Waals surface area contributed by atoms with Crippen LogP contribution in [0.15, 0.2) is 0 Å². The zero-order valence-electron chi connectivity index (χ0n) is 12.3. The minimum Gasteiger partial charge on any atom is -0.381 e. The van der Waals surface area contributed by atoms with Crippen molar-refractivity contribution in [1.82, 2.24) is 10.2 Å². The van der Waals surface area contributed by atoms with Gasteiger partial charge in [0.2, 0.25) is 0 Å². The van der Waals surface area contributed by atoms with Gasteiger partial charge in [-0.05, 0) is 47.2 Å². The fourth-order valence-electron chi connectivity index (χ4n) is 2.46. The van der Waals surface area contributed by atoms with E-state index < -0.39 is 0 Å². The SMILES string of the molecule is CCCN(C)CC1(CNC(C)(C)C)CCOC1. The summed E-state index contributed by atoms with van der Waals surface area (Å²) in [6, 6.07) is 0. The molecule has 0 spiro atoms. The molecule has 0 saturated carbocycles. The van der Waals surface area contributed by atoms with E-state index in [1.54, 1.807) is 0 Å². The summed E-state index contributed by atoms with van der Waals surface area (Å²) in [4.78, 5) is 2.44. The van der Waals surface area contributed by atoms with E-state index in [-0.39, 0.29) is 5.54 Å². The second kappa shape index (κ2) is 6.17. The Labute approximate surface area is 107 Å². The van der Waals surface area contributed by atoms with Gasteiger partial charge in [-0.2, -0.15) is 0 Å². The quantitative estimate of drug-likeness (QED) is 0.772. The molecule has 1 aliphatic heterocycles. The Balaban J connectivity index is 2.50. The summed E-state index contributed by atoms with van der Waals surface area (Å²) in [6.07, 6.45) is 2.41. The fraction of sp³-hybridized carbons (Fsp3) is 1.00. The van der Waals surface area contributed by atoms with Gasteiger partial charge in [-0.15, -0.1) is 0 Å². The van der Waals surface area contributed by atoms with Crippen molar-refractivity contribution in [3.63, 3.8) is 0 Å². The summed E-state index contributed by atoms with van der Waals surface area (Å²) >= 11 is 0. The molecular weight excluding hydrogens is 212 g/mol. The van der Waals surface area contributed by atoms with E-state index in [0.29, 0.717) is 5.41 Å². The predicted octanol–water partition coefficient (Wildman–Crippen LogP) is 2.12. The lowest BCUT2D eigenvalue weighted by Crippen LogP contribution is -2.48. The number of hydrogen-bond acceptors (Lipinski definition) is 3. The third-order valence-electron chi connectivity index (χ3n) is 3.39. The molecule has 1 atom stereocenters. The molecule has 0 aromatic heterocycles. The topological polar surface area (TPSA) is 24.5 Å². The number of ether oxygens (including phenoxy) is 1. The lowest BCUT2D eigenvalue weighted by molar-refractivity contribution is 0.113. The number of nitrogens with zero attached hydrogens (tertiary/aromatic N) is 1. The first-order valence-corrected chi connectivity index (χ1v) is 6.88.